The Labute approximate surface area is 140 Å². The highest BCUT2D eigenvalue weighted by molar-refractivity contribution is 5.79. The molecule has 3 aromatic heterocycles. The van der Waals surface area contributed by atoms with Gasteiger partial charge in [-0.15, -0.1) is 10.2 Å². The maximum atomic E-state index is 5.32. The second-order valence-corrected chi connectivity index (χ2v) is 5.31. The number of nitrogens with one attached hydrogen (secondary N) is 2. The van der Waals surface area contributed by atoms with E-state index in [1.807, 2.05) is 40.9 Å². The summed E-state index contributed by atoms with van der Waals surface area (Å²) in [4.78, 5) is 4.56. The number of guanidine groups is 1. The van der Waals surface area contributed by atoms with Crippen LogP contribution in [0.2, 0.25) is 0 Å². The number of nitrogens with zero attached hydrogens (tertiary/aromatic N) is 4. The van der Waals surface area contributed by atoms with Crippen molar-refractivity contribution in [1.82, 2.24) is 25.2 Å². The van der Waals surface area contributed by atoms with Gasteiger partial charge in [-0.05, 0) is 31.2 Å². The Morgan fingerprint density at radius 3 is 2.96 bits per heavy atom. The van der Waals surface area contributed by atoms with Crippen LogP contribution in [0.25, 0.3) is 5.65 Å². The molecule has 2 N–H and O–H groups in total. The maximum Gasteiger partial charge on any atom is 0.191 e. The van der Waals surface area contributed by atoms with Crippen molar-refractivity contribution in [1.29, 1.82) is 0 Å². The Morgan fingerprint density at radius 2 is 2.12 bits per heavy atom. The second-order valence-electron chi connectivity index (χ2n) is 5.31. The van der Waals surface area contributed by atoms with Crippen molar-refractivity contribution in [3.63, 3.8) is 0 Å². The first-order valence-electron chi connectivity index (χ1n) is 8.20. The van der Waals surface area contributed by atoms with Gasteiger partial charge in [0.1, 0.15) is 11.6 Å². The van der Waals surface area contributed by atoms with E-state index in [2.05, 4.69) is 32.7 Å². The van der Waals surface area contributed by atoms with Crippen LogP contribution in [0.4, 0.5) is 0 Å². The smallest absolute Gasteiger partial charge is 0.191 e. The molecule has 0 spiro atoms. The number of rotatable bonds is 7. The predicted molar refractivity (Wildman–Crippen MR) is 93.1 cm³/mol. The molecule has 24 heavy (non-hydrogen) atoms. The molecule has 0 saturated carbocycles. The van der Waals surface area contributed by atoms with Gasteiger partial charge in [0.25, 0.3) is 0 Å². The summed E-state index contributed by atoms with van der Waals surface area (Å²) in [5.74, 6) is 2.69. The predicted octanol–water partition coefficient (Wildman–Crippen LogP) is 1.66. The minimum absolute atomic E-state index is 0.677. The van der Waals surface area contributed by atoms with Gasteiger partial charge in [-0.2, -0.15) is 0 Å². The number of pyridine rings is 1. The first-order valence-corrected chi connectivity index (χ1v) is 8.20. The standard InChI is InChI=1S/C17H22N6O/c1-2-18-17(19-10-8-14-6-5-13-24-14)20-11-9-16-22-21-15-7-3-4-12-23(15)16/h3-7,12-13H,2,8-11H2,1H3,(H2,18,19,20). The van der Waals surface area contributed by atoms with Crippen LogP contribution in [-0.2, 0) is 12.8 Å². The zero-order valence-electron chi connectivity index (χ0n) is 13.8. The van der Waals surface area contributed by atoms with E-state index < -0.39 is 0 Å². The van der Waals surface area contributed by atoms with Gasteiger partial charge in [0.05, 0.1) is 6.26 Å². The summed E-state index contributed by atoms with van der Waals surface area (Å²) in [5.41, 5.74) is 0.867. The molecule has 126 valence electrons. The van der Waals surface area contributed by atoms with Crippen molar-refractivity contribution in [2.24, 2.45) is 4.99 Å². The summed E-state index contributed by atoms with van der Waals surface area (Å²) in [6.07, 6.45) is 5.23. The molecule has 0 aliphatic carbocycles. The molecule has 0 fully saturated rings. The first-order chi connectivity index (χ1) is 11.9. The van der Waals surface area contributed by atoms with E-state index >= 15 is 0 Å². The Bertz CT molecular complexity index is 777. The number of aromatic nitrogens is 3. The molecule has 7 heteroatoms. The molecule has 0 saturated heterocycles. The zero-order valence-corrected chi connectivity index (χ0v) is 13.8. The average Bonchev–Trinajstić information content (AvgIpc) is 3.25. The van der Waals surface area contributed by atoms with Crippen molar-refractivity contribution in [3.8, 4) is 0 Å². The Hall–Kier alpha value is -2.83. The van der Waals surface area contributed by atoms with Gasteiger partial charge < -0.3 is 15.1 Å². The molecule has 3 heterocycles. The molecule has 0 aromatic carbocycles. The van der Waals surface area contributed by atoms with Crippen LogP contribution < -0.4 is 10.6 Å². The number of hydrogen-bond acceptors (Lipinski definition) is 4. The second kappa shape index (κ2) is 8.14. The number of aliphatic imine (C=N–C) groups is 1. The van der Waals surface area contributed by atoms with E-state index in [0.29, 0.717) is 6.54 Å². The third-order valence-electron chi connectivity index (χ3n) is 3.58. The van der Waals surface area contributed by atoms with Crippen LogP contribution in [0.15, 0.2) is 52.2 Å². The lowest BCUT2D eigenvalue weighted by Gasteiger charge is -2.10. The summed E-state index contributed by atoms with van der Waals surface area (Å²) >= 11 is 0. The highest BCUT2D eigenvalue weighted by Crippen LogP contribution is 2.03. The molecule has 0 radical (unpaired) electrons. The van der Waals surface area contributed by atoms with Gasteiger partial charge in [-0.25, -0.2) is 0 Å². The monoisotopic (exact) mass is 326 g/mol. The molecule has 7 nitrogen and oxygen atoms in total. The fourth-order valence-corrected chi connectivity index (χ4v) is 2.43. The largest absolute Gasteiger partial charge is 0.469 e. The quantitative estimate of drug-likeness (QED) is 0.510. The fourth-order valence-electron chi connectivity index (χ4n) is 2.43. The zero-order chi connectivity index (χ0) is 16.6. The number of fused-ring (bicyclic) bond motifs is 1. The van der Waals surface area contributed by atoms with Crippen molar-refractivity contribution in [2.75, 3.05) is 19.6 Å². The van der Waals surface area contributed by atoms with Crippen LogP contribution in [-0.4, -0.2) is 40.2 Å². The van der Waals surface area contributed by atoms with Gasteiger partial charge in [-0.3, -0.25) is 9.39 Å². The Kier molecular flexibility index (Phi) is 5.44. The summed E-state index contributed by atoms with van der Waals surface area (Å²) in [5, 5.41) is 15.0. The molecule has 0 atom stereocenters. The minimum atomic E-state index is 0.677. The highest BCUT2D eigenvalue weighted by Gasteiger charge is 2.05. The van der Waals surface area contributed by atoms with Crippen LogP contribution in [0.5, 0.6) is 0 Å². The van der Waals surface area contributed by atoms with Crippen LogP contribution in [0.3, 0.4) is 0 Å². The lowest BCUT2D eigenvalue weighted by Crippen LogP contribution is -2.38. The normalized spacial score (nSPS) is 11.8. The molecular formula is C17H22N6O. The third kappa shape index (κ3) is 4.13. The lowest BCUT2D eigenvalue weighted by molar-refractivity contribution is 0.510. The van der Waals surface area contributed by atoms with Crippen molar-refractivity contribution < 1.29 is 4.42 Å². The lowest BCUT2D eigenvalue weighted by atomic mass is 10.3. The number of hydrogen-bond donors (Lipinski definition) is 2. The van der Waals surface area contributed by atoms with Crippen molar-refractivity contribution in [3.05, 3.63) is 54.4 Å². The molecule has 0 bridgehead atoms. The van der Waals surface area contributed by atoms with E-state index in [0.717, 1.165) is 49.1 Å². The molecule has 0 aliphatic heterocycles. The molecule has 3 aromatic rings. The summed E-state index contributed by atoms with van der Waals surface area (Å²) < 4.78 is 7.32. The molecular weight excluding hydrogens is 304 g/mol. The van der Waals surface area contributed by atoms with Crippen LogP contribution in [0.1, 0.15) is 18.5 Å². The first kappa shape index (κ1) is 16.0. The van der Waals surface area contributed by atoms with Crippen LogP contribution in [0, 0.1) is 0 Å². The third-order valence-corrected chi connectivity index (χ3v) is 3.58. The van der Waals surface area contributed by atoms with E-state index in [-0.39, 0.29) is 0 Å². The maximum absolute atomic E-state index is 5.32. The van der Waals surface area contributed by atoms with Gasteiger partial charge >= 0.3 is 0 Å². The van der Waals surface area contributed by atoms with Crippen molar-refractivity contribution in [2.45, 2.75) is 19.8 Å². The van der Waals surface area contributed by atoms with Gasteiger partial charge in [-0.1, -0.05) is 6.07 Å². The van der Waals surface area contributed by atoms with Gasteiger partial charge in [0, 0.05) is 38.7 Å². The molecule has 0 unspecified atom stereocenters. The van der Waals surface area contributed by atoms with E-state index in [1.54, 1.807) is 6.26 Å². The molecule has 3 rings (SSSR count). The van der Waals surface area contributed by atoms with Crippen molar-refractivity contribution >= 4 is 11.6 Å². The summed E-state index contributed by atoms with van der Waals surface area (Å²) in [6, 6.07) is 9.75. The average molecular weight is 326 g/mol. The summed E-state index contributed by atoms with van der Waals surface area (Å²) in [6.45, 7) is 4.29. The minimum Gasteiger partial charge on any atom is -0.469 e. The molecule has 0 amide bonds. The van der Waals surface area contributed by atoms with E-state index in [4.69, 9.17) is 4.42 Å². The van der Waals surface area contributed by atoms with Crippen LogP contribution >= 0.6 is 0 Å². The van der Waals surface area contributed by atoms with E-state index in [9.17, 15) is 0 Å². The van der Waals surface area contributed by atoms with E-state index in [1.165, 1.54) is 0 Å². The number of furan rings is 1. The SMILES string of the molecule is CCNC(=NCCc1ccco1)NCCc1nnc2ccccn12. The summed E-state index contributed by atoms with van der Waals surface area (Å²) in [7, 11) is 0. The molecule has 0 aliphatic rings. The Morgan fingerprint density at radius 1 is 1.17 bits per heavy atom. The fraction of sp³-hybridized carbons (Fsp3) is 0.353. The highest BCUT2D eigenvalue weighted by atomic mass is 16.3. The Balaban J connectivity index is 1.52. The topological polar surface area (TPSA) is 79.8 Å². The van der Waals surface area contributed by atoms with Gasteiger partial charge in [0.15, 0.2) is 11.6 Å². The van der Waals surface area contributed by atoms with Gasteiger partial charge in [0.2, 0.25) is 0 Å².